The molecule has 106 valence electrons. The fourth-order valence-corrected chi connectivity index (χ4v) is 2.87. The van der Waals surface area contributed by atoms with Gasteiger partial charge in [0.25, 0.3) is 5.91 Å². The molecule has 1 aliphatic carbocycles. The van der Waals surface area contributed by atoms with E-state index in [2.05, 4.69) is 20.2 Å². The first-order chi connectivity index (χ1) is 10.3. The number of fused-ring (bicyclic) bond motifs is 2. The maximum Gasteiger partial charge on any atom is 0.259 e. The second-order valence-corrected chi connectivity index (χ2v) is 5.50. The van der Waals surface area contributed by atoms with Gasteiger partial charge in [-0.3, -0.25) is 4.79 Å². The molecule has 2 aliphatic rings. The normalized spacial score (nSPS) is 16.8. The van der Waals surface area contributed by atoms with E-state index in [9.17, 15) is 4.79 Å². The topological polar surface area (TPSA) is 58.1 Å². The number of rotatable bonds is 2. The lowest BCUT2D eigenvalue weighted by atomic mass is 10.2. The summed E-state index contributed by atoms with van der Waals surface area (Å²) >= 11 is 6.01. The number of alkyl halides is 1. The number of carbonyl (C=O) groups is 1. The summed E-state index contributed by atoms with van der Waals surface area (Å²) in [5.74, 6) is 1.58. The fraction of sp³-hybridized carbons (Fsp3) is 0.267. The summed E-state index contributed by atoms with van der Waals surface area (Å²) in [6.07, 6.45) is 5.59. The van der Waals surface area contributed by atoms with Crippen LogP contribution in [0.4, 0.5) is 17.3 Å². The van der Waals surface area contributed by atoms with Crippen molar-refractivity contribution in [2.45, 2.75) is 24.8 Å². The van der Waals surface area contributed by atoms with Crippen LogP contribution >= 0.6 is 11.6 Å². The Morgan fingerprint density at radius 1 is 1.24 bits per heavy atom. The molecule has 21 heavy (non-hydrogen) atoms. The second kappa shape index (κ2) is 4.70. The minimum absolute atomic E-state index is 0.165. The van der Waals surface area contributed by atoms with Gasteiger partial charge in [-0.25, -0.2) is 9.97 Å². The Morgan fingerprint density at radius 3 is 2.81 bits per heavy atom. The van der Waals surface area contributed by atoms with Crippen LogP contribution in [0, 0.1) is 0 Å². The van der Waals surface area contributed by atoms with Gasteiger partial charge in [0.15, 0.2) is 5.82 Å². The number of aromatic nitrogens is 2. The summed E-state index contributed by atoms with van der Waals surface area (Å²) in [6.45, 7) is 0. The number of hydrogen-bond donors (Lipinski definition) is 1. The van der Waals surface area contributed by atoms with Crippen molar-refractivity contribution in [1.82, 2.24) is 9.97 Å². The van der Waals surface area contributed by atoms with Crippen molar-refractivity contribution in [2.24, 2.45) is 0 Å². The van der Waals surface area contributed by atoms with Crippen LogP contribution in [0.25, 0.3) is 0 Å². The first-order valence-electron chi connectivity index (χ1n) is 6.89. The highest BCUT2D eigenvalue weighted by Crippen LogP contribution is 2.43. The van der Waals surface area contributed by atoms with Crippen molar-refractivity contribution in [3.8, 4) is 0 Å². The molecule has 0 saturated heterocycles. The summed E-state index contributed by atoms with van der Waals surface area (Å²) in [6, 6.07) is 5.75. The van der Waals surface area contributed by atoms with Crippen LogP contribution in [0.2, 0.25) is 0 Å². The third kappa shape index (κ3) is 1.96. The maximum absolute atomic E-state index is 12.5. The summed E-state index contributed by atoms with van der Waals surface area (Å²) in [7, 11) is 0. The third-order valence-corrected chi connectivity index (χ3v) is 4.09. The van der Waals surface area contributed by atoms with Gasteiger partial charge in [0.1, 0.15) is 5.82 Å². The lowest BCUT2D eigenvalue weighted by molar-refractivity contribution is 0.102. The molecule has 0 bridgehead atoms. The zero-order valence-electron chi connectivity index (χ0n) is 11.2. The van der Waals surface area contributed by atoms with Crippen LogP contribution < -0.4 is 10.2 Å². The molecule has 1 N–H and O–H groups in total. The van der Waals surface area contributed by atoms with E-state index in [4.69, 9.17) is 11.6 Å². The van der Waals surface area contributed by atoms with Crippen LogP contribution in [0.3, 0.4) is 0 Å². The molecule has 1 saturated carbocycles. The molecule has 0 spiro atoms. The van der Waals surface area contributed by atoms with Crippen molar-refractivity contribution < 1.29 is 4.79 Å². The number of pyridine rings is 2. The lowest BCUT2D eigenvalue weighted by Crippen LogP contribution is -2.22. The van der Waals surface area contributed by atoms with E-state index in [1.165, 1.54) is 0 Å². The van der Waals surface area contributed by atoms with E-state index >= 15 is 0 Å². The smallest absolute Gasteiger partial charge is 0.259 e. The predicted octanol–water partition coefficient (Wildman–Crippen LogP) is 3.08. The Balaban J connectivity index is 1.98. The van der Waals surface area contributed by atoms with Gasteiger partial charge in [0, 0.05) is 24.3 Å². The van der Waals surface area contributed by atoms with E-state index in [1.54, 1.807) is 24.5 Å². The quantitative estimate of drug-likeness (QED) is 0.866. The standard InChI is InChI=1S/C15H13ClN4O/c16-8-9-5-7-18-14-12(9)19-15(21)11-2-1-6-17-13(11)20(14)10-3-4-10/h1-2,5-7,10H,3-4,8H2,(H,19,21). The van der Waals surface area contributed by atoms with Crippen molar-refractivity contribution in [3.63, 3.8) is 0 Å². The number of nitrogens with zero attached hydrogens (tertiary/aromatic N) is 3. The highest BCUT2D eigenvalue weighted by atomic mass is 35.5. The molecule has 2 aromatic heterocycles. The van der Waals surface area contributed by atoms with Gasteiger partial charge in [-0.1, -0.05) is 0 Å². The number of amides is 1. The van der Waals surface area contributed by atoms with Gasteiger partial charge in [0.2, 0.25) is 0 Å². The first kappa shape index (κ1) is 12.6. The SMILES string of the molecule is O=C1Nc2c(CCl)ccnc2N(C2CC2)c2ncccc21. The fourth-order valence-electron chi connectivity index (χ4n) is 2.65. The molecular formula is C15H13ClN4O. The molecule has 1 fully saturated rings. The van der Waals surface area contributed by atoms with Crippen LogP contribution in [-0.2, 0) is 5.88 Å². The molecule has 4 rings (SSSR count). The molecule has 6 heteroatoms. The predicted molar refractivity (Wildman–Crippen MR) is 81.1 cm³/mol. The molecule has 0 atom stereocenters. The number of carbonyl (C=O) groups excluding carboxylic acids is 1. The lowest BCUT2D eigenvalue weighted by Gasteiger charge is -2.23. The Hall–Kier alpha value is -2.14. The van der Waals surface area contributed by atoms with Crippen molar-refractivity contribution in [1.29, 1.82) is 0 Å². The van der Waals surface area contributed by atoms with E-state index in [-0.39, 0.29) is 5.91 Å². The van der Waals surface area contributed by atoms with Crippen LogP contribution in [0.15, 0.2) is 30.6 Å². The molecule has 0 radical (unpaired) electrons. The molecule has 5 nitrogen and oxygen atoms in total. The minimum atomic E-state index is -0.165. The highest BCUT2D eigenvalue weighted by Gasteiger charge is 2.38. The zero-order chi connectivity index (χ0) is 14.4. The Kier molecular flexibility index (Phi) is 2.82. The Labute approximate surface area is 127 Å². The van der Waals surface area contributed by atoms with E-state index in [0.29, 0.717) is 29.0 Å². The van der Waals surface area contributed by atoms with Gasteiger partial charge in [0.05, 0.1) is 11.3 Å². The van der Waals surface area contributed by atoms with Crippen molar-refractivity contribution in [2.75, 3.05) is 10.2 Å². The van der Waals surface area contributed by atoms with Crippen molar-refractivity contribution in [3.05, 3.63) is 41.7 Å². The first-order valence-corrected chi connectivity index (χ1v) is 7.42. The molecular weight excluding hydrogens is 288 g/mol. The van der Waals surface area contributed by atoms with Gasteiger partial charge in [-0.15, -0.1) is 11.6 Å². The number of nitrogens with one attached hydrogen (secondary N) is 1. The Bertz CT molecular complexity index is 729. The summed E-state index contributed by atoms with van der Waals surface area (Å²) < 4.78 is 0. The monoisotopic (exact) mass is 300 g/mol. The van der Waals surface area contributed by atoms with E-state index < -0.39 is 0 Å². The average Bonchev–Trinajstić information content (AvgIpc) is 3.34. The van der Waals surface area contributed by atoms with Gasteiger partial charge in [-0.05, 0) is 36.6 Å². The summed E-state index contributed by atoms with van der Waals surface area (Å²) in [5, 5.41) is 2.94. The molecule has 1 amide bonds. The van der Waals surface area contributed by atoms with Crippen LogP contribution in [0.1, 0.15) is 28.8 Å². The molecule has 0 unspecified atom stereocenters. The second-order valence-electron chi connectivity index (χ2n) is 5.23. The third-order valence-electron chi connectivity index (χ3n) is 3.80. The maximum atomic E-state index is 12.5. The molecule has 0 aromatic carbocycles. The van der Waals surface area contributed by atoms with E-state index in [0.717, 1.165) is 24.2 Å². The van der Waals surface area contributed by atoms with Gasteiger partial charge < -0.3 is 10.2 Å². The minimum Gasteiger partial charge on any atom is -0.318 e. The van der Waals surface area contributed by atoms with Crippen LogP contribution in [-0.4, -0.2) is 21.9 Å². The Morgan fingerprint density at radius 2 is 2.05 bits per heavy atom. The number of anilines is 3. The van der Waals surface area contributed by atoms with E-state index in [1.807, 2.05) is 6.07 Å². The highest BCUT2D eigenvalue weighted by molar-refractivity contribution is 6.18. The van der Waals surface area contributed by atoms with Gasteiger partial charge in [-0.2, -0.15) is 0 Å². The zero-order valence-corrected chi connectivity index (χ0v) is 12.0. The largest absolute Gasteiger partial charge is 0.318 e. The van der Waals surface area contributed by atoms with Crippen LogP contribution in [0.5, 0.6) is 0 Å². The number of halogens is 1. The molecule has 3 heterocycles. The molecule has 2 aromatic rings. The number of hydrogen-bond acceptors (Lipinski definition) is 4. The van der Waals surface area contributed by atoms with Crippen molar-refractivity contribution >= 4 is 34.8 Å². The summed E-state index contributed by atoms with van der Waals surface area (Å²) in [5.41, 5.74) is 2.14. The summed E-state index contributed by atoms with van der Waals surface area (Å²) in [4.78, 5) is 23.4. The van der Waals surface area contributed by atoms with Gasteiger partial charge >= 0.3 is 0 Å². The average molecular weight is 301 g/mol. The molecule has 1 aliphatic heterocycles.